The van der Waals surface area contributed by atoms with E-state index in [-0.39, 0.29) is 17.2 Å². The highest BCUT2D eigenvalue weighted by Gasteiger charge is 2.19. The third kappa shape index (κ3) is 4.05. The number of para-hydroxylation sites is 1. The number of thioether (sulfide) groups is 1. The van der Waals surface area contributed by atoms with Gasteiger partial charge in [0.2, 0.25) is 5.91 Å². The number of hydrogen-bond donors (Lipinski definition) is 1. The zero-order valence-corrected chi connectivity index (χ0v) is 19.8. The van der Waals surface area contributed by atoms with Gasteiger partial charge in [-0.05, 0) is 43.0 Å². The molecule has 0 fully saturated rings. The van der Waals surface area contributed by atoms with E-state index < -0.39 is 0 Å². The number of rotatable bonds is 5. The molecule has 164 valence electrons. The Kier molecular flexibility index (Phi) is 5.74. The molecule has 1 N–H and O–H groups in total. The first-order chi connectivity index (χ1) is 16.0. The van der Waals surface area contributed by atoms with Gasteiger partial charge < -0.3 is 5.32 Å². The summed E-state index contributed by atoms with van der Waals surface area (Å²) in [5.74, 6) is -0.0130. The molecule has 2 heterocycles. The van der Waals surface area contributed by atoms with Crippen LogP contribution in [-0.2, 0) is 4.79 Å². The highest BCUT2D eigenvalue weighted by molar-refractivity contribution is 7.99. The minimum Gasteiger partial charge on any atom is -0.325 e. The molecule has 7 heteroatoms. The van der Waals surface area contributed by atoms with Crippen LogP contribution in [0.1, 0.15) is 10.4 Å². The van der Waals surface area contributed by atoms with E-state index in [0.29, 0.717) is 15.4 Å². The molecular formula is C26H21N3O2S2. The Balaban J connectivity index is 1.48. The molecule has 0 bridgehead atoms. The maximum atomic E-state index is 13.5. The van der Waals surface area contributed by atoms with Crippen molar-refractivity contribution >= 4 is 55.7 Å². The number of carbonyl (C=O) groups excluding carboxylic acids is 1. The lowest BCUT2D eigenvalue weighted by Crippen LogP contribution is -2.22. The standard InChI is InChI=1S/C26H21N3O2S2/c1-16-17(2)33-24-23(16)25(31)29(19-11-4-3-5-12-19)26(28-24)32-15-22(30)27-21-14-8-10-18-9-6-7-13-20(18)21/h3-14H,15H2,1-2H3,(H,27,30). The van der Waals surface area contributed by atoms with Crippen molar-refractivity contribution in [1.29, 1.82) is 0 Å². The summed E-state index contributed by atoms with van der Waals surface area (Å²) in [7, 11) is 0. The molecule has 0 aliphatic heterocycles. The number of amides is 1. The summed E-state index contributed by atoms with van der Waals surface area (Å²) in [4.78, 5) is 32.9. The van der Waals surface area contributed by atoms with Crippen LogP contribution in [0.2, 0.25) is 0 Å². The van der Waals surface area contributed by atoms with Crippen LogP contribution in [-0.4, -0.2) is 21.2 Å². The zero-order valence-electron chi connectivity index (χ0n) is 18.2. The van der Waals surface area contributed by atoms with Crippen LogP contribution in [0.25, 0.3) is 26.7 Å². The number of aryl methyl sites for hydroxylation is 2. The first-order valence-corrected chi connectivity index (χ1v) is 12.3. The van der Waals surface area contributed by atoms with E-state index in [9.17, 15) is 9.59 Å². The van der Waals surface area contributed by atoms with Crippen LogP contribution < -0.4 is 10.9 Å². The van der Waals surface area contributed by atoms with Gasteiger partial charge in [0, 0.05) is 16.0 Å². The third-order valence-corrected chi connectivity index (χ3v) is 7.62. The minimum atomic E-state index is -0.149. The number of hydrogen-bond acceptors (Lipinski definition) is 5. The van der Waals surface area contributed by atoms with E-state index in [2.05, 4.69) is 5.32 Å². The van der Waals surface area contributed by atoms with E-state index in [1.807, 2.05) is 86.6 Å². The highest BCUT2D eigenvalue weighted by atomic mass is 32.2. The predicted molar refractivity (Wildman–Crippen MR) is 138 cm³/mol. The van der Waals surface area contributed by atoms with Gasteiger partial charge in [-0.3, -0.25) is 14.2 Å². The zero-order chi connectivity index (χ0) is 22.9. The Bertz CT molecular complexity index is 1550. The second-order valence-corrected chi connectivity index (χ2v) is 9.84. The largest absolute Gasteiger partial charge is 0.325 e. The fourth-order valence-electron chi connectivity index (χ4n) is 3.83. The van der Waals surface area contributed by atoms with Gasteiger partial charge in [0.15, 0.2) is 5.16 Å². The molecule has 0 saturated heterocycles. The lowest BCUT2D eigenvalue weighted by atomic mass is 10.1. The Morgan fingerprint density at radius 2 is 1.73 bits per heavy atom. The SMILES string of the molecule is Cc1sc2nc(SCC(=O)Nc3cccc4ccccc34)n(-c3ccccc3)c(=O)c2c1C. The van der Waals surface area contributed by atoms with Crippen molar-refractivity contribution in [1.82, 2.24) is 9.55 Å². The van der Waals surface area contributed by atoms with Gasteiger partial charge in [0.1, 0.15) is 4.83 Å². The normalized spacial score (nSPS) is 11.2. The quantitative estimate of drug-likeness (QED) is 0.254. The number of nitrogens with zero attached hydrogens (tertiary/aromatic N) is 2. The second kappa shape index (κ2) is 8.84. The van der Waals surface area contributed by atoms with E-state index in [1.54, 1.807) is 4.57 Å². The van der Waals surface area contributed by atoms with Crippen LogP contribution in [0.15, 0.2) is 82.7 Å². The van der Waals surface area contributed by atoms with Crippen molar-refractivity contribution in [3.63, 3.8) is 0 Å². The van der Waals surface area contributed by atoms with Gasteiger partial charge in [-0.15, -0.1) is 11.3 Å². The van der Waals surface area contributed by atoms with E-state index in [1.165, 1.54) is 23.1 Å². The molecule has 3 aromatic carbocycles. The maximum Gasteiger partial charge on any atom is 0.267 e. The second-order valence-electron chi connectivity index (χ2n) is 7.70. The van der Waals surface area contributed by atoms with Crippen LogP contribution in [0.5, 0.6) is 0 Å². The molecule has 5 rings (SSSR count). The molecule has 0 aliphatic carbocycles. The minimum absolute atomic E-state index is 0.106. The van der Waals surface area contributed by atoms with Crippen LogP contribution >= 0.6 is 23.1 Å². The molecule has 0 spiro atoms. The highest BCUT2D eigenvalue weighted by Crippen LogP contribution is 2.30. The molecule has 0 radical (unpaired) electrons. The predicted octanol–water partition coefficient (Wildman–Crippen LogP) is 5.95. The Morgan fingerprint density at radius 3 is 2.55 bits per heavy atom. The molecule has 5 aromatic rings. The molecule has 1 amide bonds. The van der Waals surface area contributed by atoms with E-state index in [4.69, 9.17) is 4.98 Å². The number of thiophene rings is 1. The average Bonchev–Trinajstić information content (AvgIpc) is 3.12. The average molecular weight is 472 g/mol. The summed E-state index contributed by atoms with van der Waals surface area (Å²) in [6.45, 7) is 3.95. The van der Waals surface area contributed by atoms with Crippen molar-refractivity contribution in [3.05, 3.63) is 93.6 Å². The number of aromatic nitrogens is 2. The summed E-state index contributed by atoms with van der Waals surface area (Å²) in [6, 6.07) is 23.2. The first-order valence-electron chi connectivity index (χ1n) is 10.5. The Hall–Kier alpha value is -3.42. The van der Waals surface area contributed by atoms with Gasteiger partial charge in [0.25, 0.3) is 5.56 Å². The van der Waals surface area contributed by atoms with Crippen molar-refractivity contribution in [2.45, 2.75) is 19.0 Å². The summed E-state index contributed by atoms with van der Waals surface area (Å²) in [6.07, 6.45) is 0. The Labute approximate surface area is 199 Å². The fraction of sp³-hybridized carbons (Fsp3) is 0.115. The molecule has 0 saturated carbocycles. The topological polar surface area (TPSA) is 64.0 Å². The molecule has 5 nitrogen and oxygen atoms in total. The van der Waals surface area contributed by atoms with Crippen molar-refractivity contribution in [2.75, 3.05) is 11.1 Å². The van der Waals surface area contributed by atoms with Crippen LogP contribution in [0, 0.1) is 13.8 Å². The van der Waals surface area contributed by atoms with Gasteiger partial charge in [-0.1, -0.05) is 66.4 Å². The van der Waals surface area contributed by atoms with E-state index in [0.717, 1.165) is 32.6 Å². The molecule has 33 heavy (non-hydrogen) atoms. The molecule has 0 atom stereocenters. The summed E-state index contributed by atoms with van der Waals surface area (Å²) < 4.78 is 1.61. The van der Waals surface area contributed by atoms with Gasteiger partial charge in [-0.25, -0.2) is 4.98 Å². The number of benzene rings is 3. The van der Waals surface area contributed by atoms with Crippen molar-refractivity contribution < 1.29 is 4.79 Å². The van der Waals surface area contributed by atoms with Crippen molar-refractivity contribution in [2.24, 2.45) is 0 Å². The van der Waals surface area contributed by atoms with Gasteiger partial charge >= 0.3 is 0 Å². The van der Waals surface area contributed by atoms with Gasteiger partial charge in [-0.2, -0.15) is 0 Å². The first kappa shape index (κ1) is 21.4. The molecule has 0 aliphatic rings. The molecule has 0 unspecified atom stereocenters. The lowest BCUT2D eigenvalue weighted by Gasteiger charge is -2.13. The third-order valence-electron chi connectivity index (χ3n) is 5.58. The van der Waals surface area contributed by atoms with E-state index >= 15 is 0 Å². The van der Waals surface area contributed by atoms with Crippen LogP contribution in [0.4, 0.5) is 5.69 Å². The molecular weight excluding hydrogens is 450 g/mol. The number of carbonyl (C=O) groups is 1. The number of anilines is 1. The smallest absolute Gasteiger partial charge is 0.267 e. The summed E-state index contributed by atoms with van der Waals surface area (Å²) in [5.41, 5.74) is 2.36. The summed E-state index contributed by atoms with van der Waals surface area (Å²) in [5, 5.41) is 6.21. The Morgan fingerprint density at radius 1 is 1.00 bits per heavy atom. The van der Waals surface area contributed by atoms with Crippen molar-refractivity contribution in [3.8, 4) is 5.69 Å². The monoisotopic (exact) mass is 471 g/mol. The van der Waals surface area contributed by atoms with Crippen LogP contribution in [0.3, 0.4) is 0 Å². The lowest BCUT2D eigenvalue weighted by molar-refractivity contribution is -0.113. The van der Waals surface area contributed by atoms with Gasteiger partial charge in [0.05, 0.1) is 16.8 Å². The summed E-state index contributed by atoms with van der Waals surface area (Å²) >= 11 is 2.78. The molecule has 2 aromatic heterocycles. The number of nitrogens with one attached hydrogen (secondary N) is 1. The maximum absolute atomic E-state index is 13.5. The fourth-order valence-corrected chi connectivity index (χ4v) is 5.71. The number of fused-ring (bicyclic) bond motifs is 2.